The van der Waals surface area contributed by atoms with Crippen molar-refractivity contribution in [3.63, 3.8) is 0 Å². The minimum Gasteiger partial charge on any atom is -0.300 e. The molecule has 0 bridgehead atoms. The summed E-state index contributed by atoms with van der Waals surface area (Å²) in [6.07, 6.45) is 2.60. The van der Waals surface area contributed by atoms with Crippen molar-refractivity contribution in [3.8, 4) is 0 Å². The van der Waals surface area contributed by atoms with E-state index in [1.165, 1.54) is 23.1 Å². The van der Waals surface area contributed by atoms with Gasteiger partial charge in [0, 0.05) is 12.0 Å². The molecule has 0 aliphatic carbocycles. The first kappa shape index (κ1) is 13.5. The minimum atomic E-state index is -0.0584. The molecule has 1 atom stereocenters. The average Bonchev–Trinajstić information content (AvgIpc) is 2.28. The number of aryl methyl sites for hydroxylation is 1. The van der Waals surface area contributed by atoms with Crippen molar-refractivity contribution in [1.82, 2.24) is 4.72 Å². The summed E-state index contributed by atoms with van der Waals surface area (Å²) < 4.78 is 2.77. The number of nitrogens with one attached hydrogen (secondary N) is 1. The van der Waals surface area contributed by atoms with Gasteiger partial charge < -0.3 is 4.72 Å². The number of benzene rings is 1. The average molecular weight is 255 g/mol. The topological polar surface area (TPSA) is 29.1 Å². The van der Waals surface area contributed by atoms with Gasteiger partial charge in [0.25, 0.3) is 0 Å². The third kappa shape index (κ3) is 3.76. The molecule has 1 amide bonds. The highest BCUT2D eigenvalue weighted by atomic mass is 32.2. The number of carbonyl (C=O) groups is 1. The van der Waals surface area contributed by atoms with Crippen LogP contribution in [0.25, 0.3) is 0 Å². The molecule has 0 spiro atoms. The summed E-state index contributed by atoms with van der Waals surface area (Å²) in [4.78, 5) is 11.7. The van der Waals surface area contributed by atoms with Gasteiger partial charge in [-0.2, -0.15) is 12.6 Å². The lowest BCUT2D eigenvalue weighted by molar-refractivity contribution is -0.122. The predicted molar refractivity (Wildman–Crippen MR) is 73.9 cm³/mol. The third-order valence-corrected chi connectivity index (χ3v) is 3.37. The van der Waals surface area contributed by atoms with Gasteiger partial charge in [-0.1, -0.05) is 36.2 Å². The highest BCUT2D eigenvalue weighted by molar-refractivity contribution is 7.97. The molecular formula is C12H17NOS2. The number of hydrogen-bond donors (Lipinski definition) is 2. The second-order valence-electron chi connectivity index (χ2n) is 3.68. The molecule has 0 radical (unpaired) electrons. The van der Waals surface area contributed by atoms with E-state index in [4.69, 9.17) is 0 Å². The van der Waals surface area contributed by atoms with Gasteiger partial charge in [0.15, 0.2) is 0 Å². The van der Waals surface area contributed by atoms with Gasteiger partial charge in [-0.25, -0.2) is 0 Å². The second kappa shape index (κ2) is 6.86. The van der Waals surface area contributed by atoms with E-state index in [2.05, 4.69) is 36.4 Å². The predicted octanol–water partition coefficient (Wildman–Crippen LogP) is 2.48. The molecule has 16 heavy (non-hydrogen) atoms. The van der Waals surface area contributed by atoms with E-state index < -0.39 is 0 Å². The van der Waals surface area contributed by atoms with E-state index in [0.717, 1.165) is 6.42 Å². The Hall–Kier alpha value is -0.610. The summed E-state index contributed by atoms with van der Waals surface area (Å²) in [6, 6.07) is 8.15. The maximum atomic E-state index is 11.7. The Morgan fingerprint density at radius 1 is 1.50 bits per heavy atom. The monoisotopic (exact) mass is 255 g/mol. The summed E-state index contributed by atoms with van der Waals surface area (Å²) >= 11 is 5.58. The lowest BCUT2D eigenvalue weighted by Crippen LogP contribution is -2.28. The summed E-state index contributed by atoms with van der Waals surface area (Å²) in [6.45, 7) is 2.07. The van der Waals surface area contributed by atoms with Crippen LogP contribution in [0.5, 0.6) is 0 Å². The Kier molecular flexibility index (Phi) is 5.77. The van der Waals surface area contributed by atoms with Crippen LogP contribution in [-0.4, -0.2) is 17.9 Å². The number of thiol groups is 1. The van der Waals surface area contributed by atoms with Crippen LogP contribution < -0.4 is 4.72 Å². The zero-order chi connectivity index (χ0) is 12.0. The van der Waals surface area contributed by atoms with Crippen molar-refractivity contribution in [3.05, 3.63) is 35.4 Å². The van der Waals surface area contributed by atoms with E-state index in [1.807, 2.05) is 18.4 Å². The fraction of sp³-hybridized carbons (Fsp3) is 0.417. The normalized spacial score (nSPS) is 12.2. The molecule has 0 aliphatic heterocycles. The quantitative estimate of drug-likeness (QED) is 0.625. The van der Waals surface area contributed by atoms with Gasteiger partial charge in [0.05, 0.1) is 5.92 Å². The molecule has 0 saturated carbocycles. The van der Waals surface area contributed by atoms with Gasteiger partial charge in [0.2, 0.25) is 5.91 Å². The standard InChI is InChI=1S/C12H17NOS2/c1-9-5-3-4-6-10(9)7-11(8-15)12(14)13-16-2/h3-6,11,15H,7-8H2,1-2H3,(H,13,14)/t11-/m1/s1. The zero-order valence-electron chi connectivity index (χ0n) is 9.56. The second-order valence-corrected chi connectivity index (χ2v) is 4.66. The van der Waals surface area contributed by atoms with Gasteiger partial charge in [0.1, 0.15) is 0 Å². The largest absolute Gasteiger partial charge is 0.300 e. The van der Waals surface area contributed by atoms with E-state index in [-0.39, 0.29) is 11.8 Å². The number of hydrogen-bond acceptors (Lipinski definition) is 3. The first-order chi connectivity index (χ1) is 7.69. The molecule has 0 fully saturated rings. The number of rotatable bonds is 5. The maximum absolute atomic E-state index is 11.7. The molecule has 0 aliphatic rings. The van der Waals surface area contributed by atoms with Crippen molar-refractivity contribution < 1.29 is 4.79 Å². The molecule has 2 nitrogen and oxygen atoms in total. The van der Waals surface area contributed by atoms with E-state index >= 15 is 0 Å². The van der Waals surface area contributed by atoms with Crippen molar-refractivity contribution >= 4 is 30.5 Å². The fourth-order valence-electron chi connectivity index (χ4n) is 1.53. The Morgan fingerprint density at radius 2 is 2.19 bits per heavy atom. The van der Waals surface area contributed by atoms with E-state index in [1.54, 1.807) is 0 Å². The minimum absolute atomic E-state index is 0.0584. The summed E-state index contributed by atoms with van der Waals surface area (Å²) in [5.41, 5.74) is 2.45. The number of amides is 1. The first-order valence-electron chi connectivity index (χ1n) is 5.17. The van der Waals surface area contributed by atoms with Gasteiger partial charge in [-0.3, -0.25) is 4.79 Å². The molecule has 1 rings (SSSR count). The van der Waals surface area contributed by atoms with Crippen molar-refractivity contribution in [2.75, 3.05) is 12.0 Å². The lowest BCUT2D eigenvalue weighted by atomic mass is 9.97. The molecule has 0 unspecified atom stereocenters. The van der Waals surface area contributed by atoms with Gasteiger partial charge >= 0.3 is 0 Å². The van der Waals surface area contributed by atoms with Crippen LogP contribution >= 0.6 is 24.6 Å². The van der Waals surface area contributed by atoms with Crippen molar-refractivity contribution in [1.29, 1.82) is 0 Å². The van der Waals surface area contributed by atoms with E-state index in [0.29, 0.717) is 5.75 Å². The van der Waals surface area contributed by atoms with Crippen molar-refractivity contribution in [2.24, 2.45) is 5.92 Å². The fourth-order valence-corrected chi connectivity index (χ4v) is 2.19. The molecule has 4 heteroatoms. The van der Waals surface area contributed by atoms with Crippen LogP contribution in [0.3, 0.4) is 0 Å². The third-order valence-electron chi connectivity index (χ3n) is 2.52. The molecule has 1 aromatic carbocycles. The summed E-state index contributed by atoms with van der Waals surface area (Å²) in [5.74, 6) is 0.573. The molecule has 88 valence electrons. The van der Waals surface area contributed by atoms with Crippen LogP contribution in [0.2, 0.25) is 0 Å². The smallest absolute Gasteiger partial charge is 0.234 e. The molecular weight excluding hydrogens is 238 g/mol. The number of carbonyl (C=O) groups excluding carboxylic acids is 1. The van der Waals surface area contributed by atoms with Gasteiger partial charge in [-0.05, 0) is 24.5 Å². The van der Waals surface area contributed by atoms with Crippen molar-refractivity contribution in [2.45, 2.75) is 13.3 Å². The molecule has 1 N–H and O–H groups in total. The summed E-state index contributed by atoms with van der Waals surface area (Å²) in [7, 11) is 0. The van der Waals surface area contributed by atoms with Gasteiger partial charge in [-0.15, -0.1) is 0 Å². The Balaban J connectivity index is 2.70. The molecule has 0 aromatic heterocycles. The summed E-state index contributed by atoms with van der Waals surface area (Å²) in [5, 5.41) is 0. The highest BCUT2D eigenvalue weighted by Crippen LogP contribution is 2.15. The molecule has 0 heterocycles. The zero-order valence-corrected chi connectivity index (χ0v) is 11.3. The molecule has 0 saturated heterocycles. The Morgan fingerprint density at radius 3 is 2.75 bits per heavy atom. The highest BCUT2D eigenvalue weighted by Gasteiger charge is 2.17. The van der Waals surface area contributed by atoms with Crippen LogP contribution in [-0.2, 0) is 11.2 Å². The van der Waals surface area contributed by atoms with Crippen LogP contribution in [0.15, 0.2) is 24.3 Å². The van der Waals surface area contributed by atoms with Crippen LogP contribution in [0.1, 0.15) is 11.1 Å². The van der Waals surface area contributed by atoms with Crippen LogP contribution in [0, 0.1) is 12.8 Å². The van der Waals surface area contributed by atoms with E-state index in [9.17, 15) is 4.79 Å². The Labute approximate surface area is 107 Å². The maximum Gasteiger partial charge on any atom is 0.234 e. The SMILES string of the molecule is CSNC(=O)[C@@H](CS)Cc1ccccc1C. The molecule has 1 aromatic rings. The first-order valence-corrected chi connectivity index (χ1v) is 7.03. The van der Waals surface area contributed by atoms with Crippen LogP contribution in [0.4, 0.5) is 0 Å². The lowest BCUT2D eigenvalue weighted by Gasteiger charge is -2.14. The Bertz CT molecular complexity index is 355.